The van der Waals surface area contributed by atoms with Crippen LogP contribution in [0.15, 0.2) is 42.7 Å². The first kappa shape index (κ1) is 15.1. The van der Waals surface area contributed by atoms with Crippen LogP contribution in [-0.2, 0) is 24.1 Å². The van der Waals surface area contributed by atoms with E-state index in [9.17, 15) is 0 Å². The van der Waals surface area contributed by atoms with Gasteiger partial charge in [-0.3, -0.25) is 4.90 Å². The quantitative estimate of drug-likeness (QED) is 0.850. The second-order valence-corrected chi connectivity index (χ2v) is 5.78. The minimum atomic E-state index is 0.270. The molecule has 2 aromatic rings. The summed E-state index contributed by atoms with van der Waals surface area (Å²) in [5.74, 6) is 0.910. The van der Waals surface area contributed by atoms with E-state index in [4.69, 9.17) is 4.74 Å². The first-order valence-corrected chi connectivity index (χ1v) is 8.01. The van der Waals surface area contributed by atoms with Crippen molar-refractivity contribution in [2.75, 3.05) is 19.7 Å². The van der Waals surface area contributed by atoms with Crippen molar-refractivity contribution in [3.63, 3.8) is 0 Å². The summed E-state index contributed by atoms with van der Waals surface area (Å²) in [6, 6.07) is 10.6. The van der Waals surface area contributed by atoms with Gasteiger partial charge in [0.15, 0.2) is 0 Å². The molecule has 0 radical (unpaired) electrons. The first-order valence-electron chi connectivity index (χ1n) is 8.01. The highest BCUT2D eigenvalue weighted by Gasteiger charge is 2.20. The molecule has 0 N–H and O–H groups in total. The number of hydrogen-bond acceptors (Lipinski definition) is 4. The van der Waals surface area contributed by atoms with Crippen LogP contribution in [0.1, 0.15) is 23.9 Å². The van der Waals surface area contributed by atoms with E-state index in [2.05, 4.69) is 52.1 Å². The largest absolute Gasteiger partial charge is 0.375 e. The SMILES string of the molecule is CCc1ncc(CN2CCO[C@@H](Cc3ccccc3)C2)cn1. The van der Waals surface area contributed by atoms with Crippen molar-refractivity contribution in [3.05, 3.63) is 59.7 Å². The number of aryl methyl sites for hydroxylation is 1. The zero-order valence-electron chi connectivity index (χ0n) is 13.1. The summed E-state index contributed by atoms with van der Waals surface area (Å²) in [5.41, 5.74) is 2.52. The summed E-state index contributed by atoms with van der Waals surface area (Å²) in [6.07, 6.45) is 6.03. The molecule has 0 amide bonds. The van der Waals surface area contributed by atoms with Crippen molar-refractivity contribution in [3.8, 4) is 0 Å². The smallest absolute Gasteiger partial charge is 0.127 e. The Balaban J connectivity index is 1.55. The van der Waals surface area contributed by atoms with E-state index in [0.717, 1.165) is 44.9 Å². The van der Waals surface area contributed by atoms with Crippen LogP contribution in [0.2, 0.25) is 0 Å². The van der Waals surface area contributed by atoms with Gasteiger partial charge in [0.25, 0.3) is 0 Å². The van der Waals surface area contributed by atoms with Crippen LogP contribution in [0.3, 0.4) is 0 Å². The molecule has 0 unspecified atom stereocenters. The predicted molar refractivity (Wildman–Crippen MR) is 86.6 cm³/mol. The molecule has 1 aliphatic rings. The number of ether oxygens (including phenoxy) is 1. The van der Waals surface area contributed by atoms with Gasteiger partial charge >= 0.3 is 0 Å². The Morgan fingerprint density at radius 2 is 1.91 bits per heavy atom. The molecular formula is C18H23N3O. The molecule has 2 heterocycles. The fourth-order valence-electron chi connectivity index (χ4n) is 2.83. The number of aromatic nitrogens is 2. The van der Waals surface area contributed by atoms with Crippen LogP contribution < -0.4 is 0 Å². The third-order valence-corrected chi connectivity index (χ3v) is 4.01. The maximum absolute atomic E-state index is 5.91. The van der Waals surface area contributed by atoms with E-state index in [1.54, 1.807) is 0 Å². The van der Waals surface area contributed by atoms with Crippen molar-refractivity contribution < 1.29 is 4.74 Å². The summed E-state index contributed by atoms with van der Waals surface area (Å²) in [7, 11) is 0. The highest BCUT2D eigenvalue weighted by Crippen LogP contribution is 2.14. The molecule has 116 valence electrons. The maximum atomic E-state index is 5.91. The highest BCUT2D eigenvalue weighted by molar-refractivity contribution is 5.15. The van der Waals surface area contributed by atoms with Gasteiger partial charge in [-0.15, -0.1) is 0 Å². The van der Waals surface area contributed by atoms with Crippen LogP contribution >= 0.6 is 0 Å². The van der Waals surface area contributed by atoms with E-state index in [-0.39, 0.29) is 6.10 Å². The van der Waals surface area contributed by atoms with E-state index in [1.807, 2.05) is 12.4 Å². The van der Waals surface area contributed by atoms with Crippen LogP contribution in [0, 0.1) is 0 Å². The summed E-state index contributed by atoms with van der Waals surface area (Å²) in [6.45, 7) is 5.71. The van der Waals surface area contributed by atoms with Crippen molar-refractivity contribution >= 4 is 0 Å². The van der Waals surface area contributed by atoms with Gasteiger partial charge in [-0.1, -0.05) is 37.3 Å². The molecule has 0 spiro atoms. The minimum Gasteiger partial charge on any atom is -0.375 e. The number of nitrogens with zero attached hydrogens (tertiary/aromatic N) is 3. The molecule has 3 rings (SSSR count). The molecule has 4 heteroatoms. The molecule has 1 saturated heterocycles. The van der Waals surface area contributed by atoms with Crippen LogP contribution in [-0.4, -0.2) is 40.7 Å². The standard InChI is InChI=1S/C18H23N3O/c1-2-18-19-11-16(12-20-18)13-21-8-9-22-17(14-21)10-15-6-4-3-5-7-15/h3-7,11-12,17H,2,8-10,13-14H2,1H3/t17-/m0/s1. The van der Waals surface area contributed by atoms with Gasteiger partial charge in [0.1, 0.15) is 5.82 Å². The Morgan fingerprint density at radius 3 is 2.64 bits per heavy atom. The van der Waals surface area contributed by atoms with Gasteiger partial charge in [-0.25, -0.2) is 9.97 Å². The van der Waals surface area contributed by atoms with E-state index in [1.165, 1.54) is 11.1 Å². The van der Waals surface area contributed by atoms with Gasteiger partial charge in [0.2, 0.25) is 0 Å². The molecule has 1 aromatic heterocycles. The van der Waals surface area contributed by atoms with Crippen LogP contribution in [0.25, 0.3) is 0 Å². The molecule has 0 aliphatic carbocycles. The van der Waals surface area contributed by atoms with Gasteiger partial charge in [0, 0.05) is 44.0 Å². The molecule has 22 heavy (non-hydrogen) atoms. The molecule has 0 bridgehead atoms. The van der Waals surface area contributed by atoms with Crippen molar-refractivity contribution in [2.45, 2.75) is 32.4 Å². The second kappa shape index (κ2) is 7.47. The lowest BCUT2D eigenvalue weighted by atomic mass is 10.1. The number of benzene rings is 1. The highest BCUT2D eigenvalue weighted by atomic mass is 16.5. The molecular weight excluding hydrogens is 274 g/mol. The first-order chi connectivity index (χ1) is 10.8. The molecule has 1 aliphatic heterocycles. The third-order valence-electron chi connectivity index (χ3n) is 4.01. The molecule has 0 saturated carbocycles. The number of rotatable bonds is 5. The summed E-state index contributed by atoms with van der Waals surface area (Å²) in [4.78, 5) is 11.2. The Hall–Kier alpha value is -1.78. The number of morpholine rings is 1. The van der Waals surface area contributed by atoms with Gasteiger partial charge in [0.05, 0.1) is 12.7 Å². The summed E-state index contributed by atoms with van der Waals surface area (Å²) >= 11 is 0. The lowest BCUT2D eigenvalue weighted by molar-refractivity contribution is -0.0305. The van der Waals surface area contributed by atoms with E-state index >= 15 is 0 Å². The minimum absolute atomic E-state index is 0.270. The lowest BCUT2D eigenvalue weighted by Gasteiger charge is -2.33. The van der Waals surface area contributed by atoms with Gasteiger partial charge in [-0.05, 0) is 12.0 Å². The normalized spacial score (nSPS) is 19.2. The second-order valence-electron chi connectivity index (χ2n) is 5.78. The third kappa shape index (κ3) is 4.12. The summed E-state index contributed by atoms with van der Waals surface area (Å²) < 4.78 is 5.91. The van der Waals surface area contributed by atoms with Crippen molar-refractivity contribution in [1.29, 1.82) is 0 Å². The zero-order valence-corrected chi connectivity index (χ0v) is 13.1. The van der Waals surface area contributed by atoms with Crippen molar-refractivity contribution in [1.82, 2.24) is 14.9 Å². The average molecular weight is 297 g/mol. The average Bonchev–Trinajstić information content (AvgIpc) is 2.57. The Bertz CT molecular complexity index is 571. The Morgan fingerprint density at radius 1 is 1.14 bits per heavy atom. The molecule has 1 aromatic carbocycles. The molecule has 1 fully saturated rings. The van der Waals surface area contributed by atoms with E-state index in [0.29, 0.717) is 0 Å². The van der Waals surface area contributed by atoms with Crippen molar-refractivity contribution in [2.24, 2.45) is 0 Å². The van der Waals surface area contributed by atoms with Crippen LogP contribution in [0.4, 0.5) is 0 Å². The van der Waals surface area contributed by atoms with Gasteiger partial charge < -0.3 is 4.74 Å². The topological polar surface area (TPSA) is 38.2 Å². The lowest BCUT2D eigenvalue weighted by Crippen LogP contribution is -2.42. The fraction of sp³-hybridized carbons (Fsp3) is 0.444. The molecule has 4 nitrogen and oxygen atoms in total. The Labute approximate surface area is 132 Å². The number of hydrogen-bond donors (Lipinski definition) is 0. The zero-order chi connectivity index (χ0) is 15.2. The van der Waals surface area contributed by atoms with Gasteiger partial charge in [-0.2, -0.15) is 0 Å². The Kier molecular flexibility index (Phi) is 5.14. The maximum Gasteiger partial charge on any atom is 0.127 e. The summed E-state index contributed by atoms with van der Waals surface area (Å²) in [5, 5.41) is 0. The van der Waals surface area contributed by atoms with E-state index < -0.39 is 0 Å². The monoisotopic (exact) mass is 297 g/mol. The fourth-order valence-corrected chi connectivity index (χ4v) is 2.83. The molecule has 1 atom stereocenters. The predicted octanol–water partition coefficient (Wildman–Crippen LogP) is 2.48. The van der Waals surface area contributed by atoms with Crippen LogP contribution in [0.5, 0.6) is 0 Å².